The standard InChI is InChI=1S/C12H20N2O4S/c1-4-10-7-14(6-5-11(10)15)19(16,17)12-8(2)13-18-9(12)3/h10-11,15H,4-7H2,1-3H3. The average molecular weight is 288 g/mol. The number of piperidine rings is 1. The fourth-order valence-electron chi connectivity index (χ4n) is 2.58. The number of sulfonamides is 1. The Morgan fingerprint density at radius 1 is 1.47 bits per heavy atom. The van der Waals surface area contributed by atoms with Crippen LogP contribution in [0.1, 0.15) is 31.2 Å². The zero-order valence-corrected chi connectivity index (χ0v) is 12.3. The lowest BCUT2D eigenvalue weighted by molar-refractivity contribution is 0.0520. The van der Waals surface area contributed by atoms with Crippen molar-refractivity contribution in [2.75, 3.05) is 13.1 Å². The van der Waals surface area contributed by atoms with Crippen LogP contribution in [0.2, 0.25) is 0 Å². The zero-order chi connectivity index (χ0) is 14.2. The highest BCUT2D eigenvalue weighted by Crippen LogP contribution is 2.28. The molecule has 2 atom stereocenters. The summed E-state index contributed by atoms with van der Waals surface area (Å²) in [6, 6.07) is 0. The number of hydrogen-bond acceptors (Lipinski definition) is 5. The Kier molecular flexibility index (Phi) is 3.98. The molecule has 7 heteroatoms. The third-order valence-corrected chi connectivity index (χ3v) is 5.86. The Bertz CT molecular complexity index is 533. The Balaban J connectivity index is 2.31. The molecule has 0 spiro atoms. The first-order valence-electron chi connectivity index (χ1n) is 6.49. The van der Waals surface area contributed by atoms with Crippen LogP contribution in [0.3, 0.4) is 0 Å². The van der Waals surface area contributed by atoms with E-state index in [1.54, 1.807) is 13.8 Å². The first kappa shape index (κ1) is 14.5. The van der Waals surface area contributed by atoms with Gasteiger partial charge in [0, 0.05) is 13.1 Å². The second-order valence-electron chi connectivity index (χ2n) is 5.04. The highest BCUT2D eigenvalue weighted by Gasteiger charge is 2.36. The van der Waals surface area contributed by atoms with Crippen LogP contribution >= 0.6 is 0 Å². The summed E-state index contributed by atoms with van der Waals surface area (Å²) in [5.41, 5.74) is 0.386. The molecular weight excluding hydrogens is 268 g/mol. The smallest absolute Gasteiger partial charge is 0.248 e. The van der Waals surface area contributed by atoms with E-state index in [2.05, 4.69) is 5.16 Å². The van der Waals surface area contributed by atoms with Crippen LogP contribution in [0.5, 0.6) is 0 Å². The summed E-state index contributed by atoms with van der Waals surface area (Å²) in [7, 11) is -3.58. The van der Waals surface area contributed by atoms with Gasteiger partial charge >= 0.3 is 0 Å². The van der Waals surface area contributed by atoms with Crippen molar-refractivity contribution in [3.05, 3.63) is 11.5 Å². The van der Waals surface area contributed by atoms with Crippen LogP contribution in [0.25, 0.3) is 0 Å². The molecule has 6 nitrogen and oxygen atoms in total. The fourth-order valence-corrected chi connectivity index (χ4v) is 4.38. The maximum absolute atomic E-state index is 12.6. The van der Waals surface area contributed by atoms with E-state index in [1.807, 2.05) is 6.92 Å². The predicted octanol–water partition coefficient (Wildman–Crippen LogP) is 1.07. The minimum Gasteiger partial charge on any atom is -0.393 e. The maximum atomic E-state index is 12.6. The molecule has 108 valence electrons. The van der Waals surface area contributed by atoms with Gasteiger partial charge in [-0.3, -0.25) is 0 Å². The largest absolute Gasteiger partial charge is 0.393 e. The van der Waals surface area contributed by atoms with E-state index in [0.29, 0.717) is 31.0 Å². The number of nitrogens with zero attached hydrogens (tertiary/aromatic N) is 2. The third-order valence-electron chi connectivity index (χ3n) is 3.75. The minimum absolute atomic E-state index is 0.0102. The number of aromatic nitrogens is 1. The summed E-state index contributed by atoms with van der Waals surface area (Å²) >= 11 is 0. The van der Waals surface area contributed by atoms with E-state index in [9.17, 15) is 13.5 Å². The molecule has 2 heterocycles. The third kappa shape index (κ3) is 2.54. The molecule has 1 aliphatic rings. The molecule has 1 aromatic rings. The number of hydrogen-bond donors (Lipinski definition) is 1. The first-order chi connectivity index (χ1) is 8.87. The molecule has 1 aromatic heterocycles. The van der Waals surface area contributed by atoms with E-state index < -0.39 is 16.1 Å². The van der Waals surface area contributed by atoms with Crippen molar-refractivity contribution in [1.82, 2.24) is 9.46 Å². The van der Waals surface area contributed by atoms with E-state index >= 15 is 0 Å². The van der Waals surface area contributed by atoms with Crippen molar-refractivity contribution >= 4 is 10.0 Å². The molecule has 1 saturated heterocycles. The van der Waals surface area contributed by atoms with E-state index in [4.69, 9.17) is 4.52 Å². The first-order valence-corrected chi connectivity index (χ1v) is 7.93. The molecule has 0 radical (unpaired) electrons. The summed E-state index contributed by atoms with van der Waals surface area (Å²) < 4.78 is 31.6. The molecule has 0 aliphatic carbocycles. The second-order valence-corrected chi connectivity index (χ2v) is 6.92. The molecular formula is C12H20N2O4S. The van der Waals surface area contributed by atoms with Gasteiger partial charge in [-0.05, 0) is 32.6 Å². The monoisotopic (exact) mass is 288 g/mol. The summed E-state index contributed by atoms with van der Waals surface area (Å²) in [5, 5.41) is 13.5. The van der Waals surface area contributed by atoms with Crippen molar-refractivity contribution in [1.29, 1.82) is 0 Å². The molecule has 19 heavy (non-hydrogen) atoms. The maximum Gasteiger partial charge on any atom is 0.248 e. The van der Waals surface area contributed by atoms with Gasteiger partial charge in [-0.2, -0.15) is 4.31 Å². The van der Waals surface area contributed by atoms with Gasteiger partial charge in [0.15, 0.2) is 5.76 Å². The van der Waals surface area contributed by atoms with Crippen LogP contribution in [0, 0.1) is 19.8 Å². The van der Waals surface area contributed by atoms with Crippen LogP contribution < -0.4 is 0 Å². The summed E-state index contributed by atoms with van der Waals surface area (Å²) in [5.74, 6) is 0.306. The molecule has 0 saturated carbocycles. The Morgan fingerprint density at radius 2 is 2.16 bits per heavy atom. The van der Waals surface area contributed by atoms with Gasteiger partial charge in [-0.25, -0.2) is 8.42 Å². The Labute approximate surface area is 113 Å². The number of aryl methyl sites for hydroxylation is 2. The van der Waals surface area contributed by atoms with Crippen molar-refractivity contribution in [2.24, 2.45) is 5.92 Å². The predicted molar refractivity (Wildman–Crippen MR) is 69.1 cm³/mol. The van der Waals surface area contributed by atoms with Crippen molar-refractivity contribution < 1.29 is 18.0 Å². The lowest BCUT2D eigenvalue weighted by Crippen LogP contribution is -2.45. The summed E-state index contributed by atoms with van der Waals surface area (Å²) in [6.45, 7) is 5.87. The van der Waals surface area contributed by atoms with Gasteiger partial charge in [-0.1, -0.05) is 12.1 Å². The van der Waals surface area contributed by atoms with Crippen molar-refractivity contribution in [3.63, 3.8) is 0 Å². The molecule has 0 bridgehead atoms. The quantitative estimate of drug-likeness (QED) is 0.899. The van der Waals surface area contributed by atoms with Gasteiger partial charge in [-0.15, -0.1) is 0 Å². The van der Waals surface area contributed by atoms with Gasteiger partial charge in [0.05, 0.1) is 6.10 Å². The second kappa shape index (κ2) is 5.22. The molecule has 0 amide bonds. The van der Waals surface area contributed by atoms with Gasteiger partial charge in [0.25, 0.3) is 0 Å². The topological polar surface area (TPSA) is 83.6 Å². The van der Waals surface area contributed by atoms with Gasteiger partial charge in [0.2, 0.25) is 10.0 Å². The summed E-state index contributed by atoms with van der Waals surface area (Å²) in [6.07, 6.45) is 0.816. The average Bonchev–Trinajstić information content (AvgIpc) is 2.69. The van der Waals surface area contributed by atoms with Gasteiger partial charge in [0.1, 0.15) is 10.6 Å². The molecule has 1 aliphatic heterocycles. The molecule has 2 rings (SSSR count). The minimum atomic E-state index is -3.58. The zero-order valence-electron chi connectivity index (χ0n) is 11.5. The van der Waals surface area contributed by atoms with Crippen LogP contribution in [0.4, 0.5) is 0 Å². The Morgan fingerprint density at radius 3 is 2.68 bits per heavy atom. The van der Waals surface area contributed by atoms with Crippen LogP contribution in [-0.2, 0) is 10.0 Å². The number of aliphatic hydroxyl groups excluding tert-OH is 1. The van der Waals surface area contributed by atoms with Crippen LogP contribution in [-0.4, -0.2) is 42.2 Å². The molecule has 0 aromatic carbocycles. The van der Waals surface area contributed by atoms with E-state index in [1.165, 1.54) is 4.31 Å². The molecule has 2 unspecified atom stereocenters. The van der Waals surface area contributed by atoms with Crippen molar-refractivity contribution in [2.45, 2.75) is 44.6 Å². The summed E-state index contributed by atoms with van der Waals surface area (Å²) in [4.78, 5) is 0.166. The van der Waals surface area contributed by atoms with E-state index in [-0.39, 0.29) is 10.8 Å². The normalized spacial score (nSPS) is 25.7. The lowest BCUT2D eigenvalue weighted by Gasteiger charge is -2.34. The number of aliphatic hydroxyl groups is 1. The highest BCUT2D eigenvalue weighted by molar-refractivity contribution is 7.89. The van der Waals surface area contributed by atoms with Gasteiger partial charge < -0.3 is 9.63 Å². The lowest BCUT2D eigenvalue weighted by atomic mass is 9.94. The number of rotatable bonds is 3. The van der Waals surface area contributed by atoms with E-state index in [0.717, 1.165) is 6.42 Å². The fraction of sp³-hybridized carbons (Fsp3) is 0.750. The molecule has 1 N–H and O–H groups in total. The SMILES string of the molecule is CCC1CN(S(=O)(=O)c2c(C)noc2C)CCC1O. The molecule has 1 fully saturated rings. The van der Waals surface area contributed by atoms with Crippen LogP contribution in [0.15, 0.2) is 9.42 Å². The Hall–Kier alpha value is -0.920. The highest BCUT2D eigenvalue weighted by atomic mass is 32.2. The van der Waals surface area contributed by atoms with Crippen molar-refractivity contribution in [3.8, 4) is 0 Å².